The molecule has 3 heterocycles. The maximum absolute atomic E-state index is 12.2. The van der Waals surface area contributed by atoms with Crippen LogP contribution < -0.4 is 15.0 Å². The fourth-order valence-electron chi connectivity index (χ4n) is 5.57. The number of carbonyl (C=O) groups excluding carboxylic acids is 1. The van der Waals surface area contributed by atoms with Crippen molar-refractivity contribution in [2.75, 3.05) is 44.2 Å². The van der Waals surface area contributed by atoms with E-state index in [1.165, 1.54) is 31.4 Å². The molecular weight excluding hydrogens is 392 g/mol. The van der Waals surface area contributed by atoms with Gasteiger partial charge in [0.15, 0.2) is 0 Å². The molecule has 4 aliphatic rings. The topological polar surface area (TPSA) is 77.9 Å². The highest BCUT2D eigenvalue weighted by atomic mass is 16.5. The summed E-state index contributed by atoms with van der Waals surface area (Å²) < 4.78 is 5.70. The third-order valence-electron chi connectivity index (χ3n) is 7.91. The van der Waals surface area contributed by atoms with Crippen LogP contribution in [0.3, 0.4) is 0 Å². The van der Waals surface area contributed by atoms with Crippen LogP contribution in [-0.2, 0) is 11.2 Å². The van der Waals surface area contributed by atoms with Crippen molar-refractivity contribution in [3.8, 4) is 5.75 Å². The number of pyridine rings is 1. The van der Waals surface area contributed by atoms with Gasteiger partial charge in [-0.15, -0.1) is 0 Å². The van der Waals surface area contributed by atoms with Gasteiger partial charge in [0.25, 0.3) is 5.91 Å². The molecule has 7 nitrogen and oxygen atoms in total. The predicted octanol–water partition coefficient (Wildman–Crippen LogP) is 2.12. The van der Waals surface area contributed by atoms with Gasteiger partial charge in [0.1, 0.15) is 17.2 Å². The normalized spacial score (nSPS) is 27.8. The molecule has 7 heteroatoms. The predicted molar refractivity (Wildman–Crippen MR) is 119 cm³/mol. The number of hydrogen-bond donors (Lipinski definition) is 2. The average molecular weight is 429 g/mol. The van der Waals surface area contributed by atoms with E-state index in [0.29, 0.717) is 12.8 Å². The Morgan fingerprint density at radius 3 is 2.68 bits per heavy atom. The highest BCUT2D eigenvalue weighted by Crippen LogP contribution is 2.34. The molecule has 2 saturated carbocycles. The van der Waals surface area contributed by atoms with E-state index in [4.69, 9.17) is 4.74 Å². The Kier molecular flexibility index (Phi) is 6.06. The van der Waals surface area contributed by atoms with Crippen molar-refractivity contribution in [2.24, 2.45) is 5.92 Å². The second kappa shape index (κ2) is 8.94. The molecule has 1 aromatic heterocycles. The van der Waals surface area contributed by atoms with Crippen LogP contribution in [0.5, 0.6) is 5.75 Å². The third kappa shape index (κ3) is 4.53. The summed E-state index contributed by atoms with van der Waals surface area (Å²) in [6.45, 7) is 6.20. The Hall–Kier alpha value is -1.86. The molecule has 0 aromatic carbocycles. The quantitative estimate of drug-likeness (QED) is 0.723. The Morgan fingerprint density at radius 1 is 1.19 bits per heavy atom. The molecule has 0 radical (unpaired) electrons. The van der Waals surface area contributed by atoms with Gasteiger partial charge in [0.2, 0.25) is 0 Å². The zero-order chi connectivity index (χ0) is 21.3. The summed E-state index contributed by atoms with van der Waals surface area (Å²) in [6.07, 6.45) is 10.8. The highest BCUT2D eigenvalue weighted by molar-refractivity contribution is 5.86. The first-order valence-electron chi connectivity index (χ1n) is 12.2. The zero-order valence-corrected chi connectivity index (χ0v) is 18.5. The van der Waals surface area contributed by atoms with E-state index in [9.17, 15) is 9.90 Å². The summed E-state index contributed by atoms with van der Waals surface area (Å²) >= 11 is 0. The van der Waals surface area contributed by atoms with Crippen LogP contribution in [0.15, 0.2) is 12.3 Å². The molecule has 170 valence electrons. The first kappa shape index (κ1) is 21.0. The molecule has 1 saturated heterocycles. The maximum atomic E-state index is 12.2. The first-order valence-corrected chi connectivity index (χ1v) is 12.2. The molecular formula is C24H36N4O3. The summed E-state index contributed by atoms with van der Waals surface area (Å²) in [7, 11) is 0. The van der Waals surface area contributed by atoms with Crippen molar-refractivity contribution in [3.05, 3.63) is 17.8 Å². The summed E-state index contributed by atoms with van der Waals surface area (Å²) in [4.78, 5) is 21.9. The van der Waals surface area contributed by atoms with Gasteiger partial charge in [0.05, 0.1) is 6.61 Å². The Balaban J connectivity index is 1.02. The van der Waals surface area contributed by atoms with Crippen LogP contribution in [0, 0.1) is 5.92 Å². The van der Waals surface area contributed by atoms with E-state index >= 15 is 0 Å². The third-order valence-corrected chi connectivity index (χ3v) is 7.91. The monoisotopic (exact) mass is 428 g/mol. The summed E-state index contributed by atoms with van der Waals surface area (Å²) in [5.74, 6) is 2.77. The maximum Gasteiger partial charge on any atom is 0.252 e. The molecule has 2 aliphatic heterocycles. The van der Waals surface area contributed by atoms with E-state index < -0.39 is 5.60 Å². The van der Waals surface area contributed by atoms with Crippen molar-refractivity contribution in [1.29, 1.82) is 0 Å². The molecule has 31 heavy (non-hydrogen) atoms. The standard InChI is InChI=1S/C24H36N4O3/c29-23(24(30)9-1-10-24)26-19-4-2-18(3-5-19)7-12-27-13-15-28(16-14-27)22-20-8-17-31-21(20)6-11-25-22/h6,11,18-19,30H,1-5,7-10,12-17H2,(H,26,29)/t18-,19-. The molecule has 0 unspecified atom stereocenters. The van der Waals surface area contributed by atoms with Crippen LogP contribution in [0.2, 0.25) is 0 Å². The number of nitrogens with one attached hydrogen (secondary N) is 1. The van der Waals surface area contributed by atoms with Gasteiger partial charge in [0, 0.05) is 50.4 Å². The fraction of sp³-hybridized carbons (Fsp3) is 0.750. The summed E-state index contributed by atoms with van der Waals surface area (Å²) in [5.41, 5.74) is 0.214. The van der Waals surface area contributed by atoms with Crippen molar-refractivity contribution in [1.82, 2.24) is 15.2 Å². The highest BCUT2D eigenvalue weighted by Gasteiger charge is 2.42. The average Bonchev–Trinajstić information content (AvgIpc) is 3.26. The van der Waals surface area contributed by atoms with E-state index in [1.54, 1.807) is 0 Å². The lowest BCUT2D eigenvalue weighted by atomic mass is 9.78. The lowest BCUT2D eigenvalue weighted by Crippen LogP contribution is -2.54. The van der Waals surface area contributed by atoms with Crippen molar-refractivity contribution in [2.45, 2.75) is 69.4 Å². The lowest BCUT2D eigenvalue weighted by molar-refractivity contribution is -0.149. The Labute approximate surface area is 185 Å². The van der Waals surface area contributed by atoms with Crippen LogP contribution in [0.1, 0.15) is 56.9 Å². The van der Waals surface area contributed by atoms with Crippen LogP contribution in [-0.4, -0.2) is 71.9 Å². The van der Waals surface area contributed by atoms with Gasteiger partial charge < -0.3 is 20.1 Å². The molecule has 2 N–H and O–H groups in total. The number of piperazine rings is 1. The van der Waals surface area contributed by atoms with Crippen molar-refractivity contribution < 1.29 is 14.6 Å². The molecule has 1 amide bonds. The minimum atomic E-state index is -1.07. The number of anilines is 1. The van der Waals surface area contributed by atoms with Crippen molar-refractivity contribution in [3.63, 3.8) is 0 Å². The second-order valence-corrected chi connectivity index (χ2v) is 9.90. The molecule has 1 aromatic rings. The van der Waals surface area contributed by atoms with Gasteiger partial charge in [-0.1, -0.05) is 0 Å². The number of amides is 1. The molecule has 0 atom stereocenters. The number of ether oxygens (including phenoxy) is 1. The van der Waals surface area contributed by atoms with Gasteiger partial charge >= 0.3 is 0 Å². The van der Waals surface area contributed by atoms with Crippen LogP contribution in [0.25, 0.3) is 0 Å². The number of carbonyl (C=O) groups is 1. The number of aliphatic hydroxyl groups is 1. The number of fused-ring (bicyclic) bond motifs is 1. The largest absolute Gasteiger partial charge is 0.493 e. The summed E-state index contributed by atoms with van der Waals surface area (Å²) in [5, 5.41) is 13.3. The minimum absolute atomic E-state index is 0.134. The van der Waals surface area contributed by atoms with Gasteiger partial charge in [-0.25, -0.2) is 4.98 Å². The smallest absolute Gasteiger partial charge is 0.252 e. The number of nitrogens with zero attached hydrogens (tertiary/aromatic N) is 3. The fourth-order valence-corrected chi connectivity index (χ4v) is 5.57. The Bertz CT molecular complexity index is 781. The molecule has 3 fully saturated rings. The molecule has 5 rings (SSSR count). The van der Waals surface area contributed by atoms with Gasteiger partial charge in [-0.2, -0.15) is 0 Å². The lowest BCUT2D eigenvalue weighted by Gasteiger charge is -2.38. The zero-order valence-electron chi connectivity index (χ0n) is 18.5. The summed E-state index contributed by atoms with van der Waals surface area (Å²) in [6, 6.07) is 2.23. The SMILES string of the molecule is O=C(N[C@H]1CC[C@H](CCN2CCN(c3nccc4c3CCO4)CC2)CC1)C1(O)CCC1. The van der Waals surface area contributed by atoms with E-state index in [-0.39, 0.29) is 11.9 Å². The number of aromatic nitrogens is 1. The van der Waals surface area contributed by atoms with E-state index in [1.807, 2.05) is 12.3 Å². The van der Waals surface area contributed by atoms with Gasteiger partial charge in [-0.3, -0.25) is 9.69 Å². The van der Waals surface area contributed by atoms with E-state index in [2.05, 4.69) is 20.1 Å². The van der Waals surface area contributed by atoms with Crippen LogP contribution >= 0.6 is 0 Å². The molecule has 0 spiro atoms. The van der Waals surface area contributed by atoms with Crippen molar-refractivity contribution >= 4 is 11.7 Å². The van der Waals surface area contributed by atoms with E-state index in [0.717, 1.165) is 76.0 Å². The minimum Gasteiger partial charge on any atom is -0.493 e. The van der Waals surface area contributed by atoms with Crippen LogP contribution in [0.4, 0.5) is 5.82 Å². The Morgan fingerprint density at radius 2 is 1.97 bits per heavy atom. The molecule has 0 bridgehead atoms. The number of rotatable bonds is 6. The van der Waals surface area contributed by atoms with Gasteiger partial charge in [-0.05, 0) is 69.9 Å². The first-order chi connectivity index (χ1) is 15.1. The second-order valence-electron chi connectivity index (χ2n) is 9.90. The molecule has 2 aliphatic carbocycles. The number of hydrogen-bond acceptors (Lipinski definition) is 6.